The minimum atomic E-state index is -0.0924. The predicted octanol–water partition coefficient (Wildman–Crippen LogP) is 2.43. The van der Waals surface area contributed by atoms with E-state index >= 15 is 0 Å². The molecule has 0 bridgehead atoms. The Balaban J connectivity index is 2.00. The number of anilines is 1. The number of hydrogen-bond donors (Lipinski definition) is 1. The third-order valence-corrected chi connectivity index (χ3v) is 4.38. The molecule has 1 N–H and O–H groups in total. The Labute approximate surface area is 147 Å². The van der Waals surface area contributed by atoms with Gasteiger partial charge in [-0.3, -0.25) is 9.78 Å². The van der Waals surface area contributed by atoms with E-state index in [0.29, 0.717) is 11.2 Å². The van der Waals surface area contributed by atoms with E-state index in [2.05, 4.69) is 33.3 Å². The Morgan fingerprint density at radius 2 is 1.84 bits per heavy atom. The average Bonchev–Trinajstić information content (AvgIpc) is 2.60. The number of aromatic nitrogens is 3. The van der Waals surface area contributed by atoms with Crippen LogP contribution in [-0.4, -0.2) is 39.8 Å². The van der Waals surface area contributed by atoms with E-state index in [1.54, 1.807) is 13.2 Å². The van der Waals surface area contributed by atoms with Crippen molar-refractivity contribution in [1.82, 2.24) is 19.7 Å². The molecule has 6 heteroatoms. The molecule has 0 aliphatic carbocycles. The first-order valence-electron chi connectivity index (χ1n) is 8.28. The molecule has 25 heavy (non-hydrogen) atoms. The number of rotatable bonds is 5. The van der Waals surface area contributed by atoms with Crippen LogP contribution < -0.4 is 10.9 Å². The van der Waals surface area contributed by atoms with Crippen molar-refractivity contribution in [3.8, 4) is 0 Å². The van der Waals surface area contributed by atoms with E-state index in [4.69, 9.17) is 0 Å². The number of hydrogen-bond acceptors (Lipinski definition) is 5. The van der Waals surface area contributed by atoms with Crippen molar-refractivity contribution >= 4 is 16.6 Å². The fourth-order valence-corrected chi connectivity index (χ4v) is 3.29. The molecule has 0 radical (unpaired) electrons. The SMILES string of the molecule is C[C@H](Nc1nn(C)c(=O)c2ccccc12)[C@H](c1cccnc1)N(C)C. The van der Waals surface area contributed by atoms with Crippen molar-refractivity contribution in [3.05, 3.63) is 64.7 Å². The minimum absolute atomic E-state index is 0.0626. The lowest BCUT2D eigenvalue weighted by atomic mass is 10.0. The first kappa shape index (κ1) is 17.1. The smallest absolute Gasteiger partial charge is 0.274 e. The lowest BCUT2D eigenvalue weighted by molar-refractivity contribution is 0.274. The second-order valence-corrected chi connectivity index (χ2v) is 6.45. The Hall–Kier alpha value is -2.73. The van der Waals surface area contributed by atoms with Gasteiger partial charge < -0.3 is 10.2 Å². The second kappa shape index (κ2) is 7.03. The molecule has 0 saturated carbocycles. The predicted molar refractivity (Wildman–Crippen MR) is 101 cm³/mol. The molecule has 130 valence electrons. The maximum atomic E-state index is 12.3. The van der Waals surface area contributed by atoms with Gasteiger partial charge in [-0.2, -0.15) is 5.10 Å². The molecule has 0 aliphatic rings. The van der Waals surface area contributed by atoms with E-state index in [1.165, 1.54) is 4.68 Å². The maximum Gasteiger partial charge on any atom is 0.274 e. The van der Waals surface area contributed by atoms with Crippen molar-refractivity contribution in [2.45, 2.75) is 19.0 Å². The lowest BCUT2D eigenvalue weighted by Gasteiger charge is -2.31. The first-order chi connectivity index (χ1) is 12.0. The van der Waals surface area contributed by atoms with Crippen LogP contribution in [0.2, 0.25) is 0 Å². The molecule has 0 saturated heterocycles. The zero-order valence-corrected chi connectivity index (χ0v) is 15.0. The van der Waals surface area contributed by atoms with Crippen LogP contribution in [0.15, 0.2) is 53.6 Å². The van der Waals surface area contributed by atoms with Crippen molar-refractivity contribution in [1.29, 1.82) is 0 Å². The third-order valence-electron chi connectivity index (χ3n) is 4.38. The first-order valence-corrected chi connectivity index (χ1v) is 8.28. The molecule has 6 nitrogen and oxygen atoms in total. The van der Waals surface area contributed by atoms with E-state index in [1.807, 2.05) is 50.6 Å². The van der Waals surface area contributed by atoms with Gasteiger partial charge in [-0.05, 0) is 38.7 Å². The van der Waals surface area contributed by atoms with Gasteiger partial charge in [0.25, 0.3) is 5.56 Å². The van der Waals surface area contributed by atoms with Gasteiger partial charge in [0.2, 0.25) is 0 Å². The molecule has 3 rings (SSSR count). The van der Waals surface area contributed by atoms with Gasteiger partial charge in [-0.15, -0.1) is 0 Å². The van der Waals surface area contributed by atoms with Gasteiger partial charge in [0.15, 0.2) is 5.82 Å². The van der Waals surface area contributed by atoms with Gasteiger partial charge in [0, 0.05) is 30.9 Å². The quantitative estimate of drug-likeness (QED) is 0.775. The minimum Gasteiger partial charge on any atom is -0.364 e. The summed E-state index contributed by atoms with van der Waals surface area (Å²) < 4.78 is 1.38. The van der Waals surface area contributed by atoms with Gasteiger partial charge in [0.1, 0.15) is 0 Å². The van der Waals surface area contributed by atoms with Crippen molar-refractivity contribution in [2.24, 2.45) is 7.05 Å². The van der Waals surface area contributed by atoms with Gasteiger partial charge in [-0.25, -0.2) is 4.68 Å². The molecule has 1 aromatic carbocycles. The molecule has 0 fully saturated rings. The summed E-state index contributed by atoms with van der Waals surface area (Å²) in [6.45, 7) is 2.11. The topological polar surface area (TPSA) is 63.1 Å². The van der Waals surface area contributed by atoms with Crippen LogP contribution in [0.5, 0.6) is 0 Å². The Kier molecular flexibility index (Phi) is 4.81. The summed E-state index contributed by atoms with van der Waals surface area (Å²) in [7, 11) is 5.76. The summed E-state index contributed by atoms with van der Waals surface area (Å²) in [6.07, 6.45) is 3.66. The molecular weight excluding hydrogens is 314 g/mol. The molecule has 3 aromatic rings. The van der Waals surface area contributed by atoms with Gasteiger partial charge >= 0.3 is 0 Å². The van der Waals surface area contributed by atoms with Crippen molar-refractivity contribution in [3.63, 3.8) is 0 Å². The zero-order valence-electron chi connectivity index (χ0n) is 15.0. The fraction of sp³-hybridized carbons (Fsp3) is 0.316. The Bertz CT molecular complexity index is 920. The summed E-state index contributed by atoms with van der Waals surface area (Å²) in [5.41, 5.74) is 1.03. The second-order valence-electron chi connectivity index (χ2n) is 6.45. The van der Waals surface area contributed by atoms with Crippen molar-refractivity contribution in [2.75, 3.05) is 19.4 Å². The summed E-state index contributed by atoms with van der Waals surface area (Å²) in [5, 5.41) is 9.43. The number of benzene rings is 1. The summed E-state index contributed by atoms with van der Waals surface area (Å²) in [5.74, 6) is 0.709. The van der Waals surface area contributed by atoms with Crippen LogP contribution >= 0.6 is 0 Å². The van der Waals surface area contributed by atoms with E-state index in [9.17, 15) is 4.79 Å². The third kappa shape index (κ3) is 3.39. The van der Waals surface area contributed by atoms with Crippen molar-refractivity contribution < 1.29 is 0 Å². The van der Waals surface area contributed by atoms with Crippen LogP contribution in [0.3, 0.4) is 0 Å². The zero-order chi connectivity index (χ0) is 18.0. The van der Waals surface area contributed by atoms with Crippen LogP contribution in [-0.2, 0) is 7.05 Å². The number of likely N-dealkylation sites (N-methyl/N-ethyl adjacent to an activating group) is 1. The van der Waals surface area contributed by atoms with Gasteiger partial charge in [0.05, 0.1) is 11.4 Å². The Morgan fingerprint density at radius 1 is 1.12 bits per heavy atom. The number of nitrogens with one attached hydrogen (secondary N) is 1. The highest BCUT2D eigenvalue weighted by Crippen LogP contribution is 2.25. The number of fused-ring (bicyclic) bond motifs is 1. The molecule has 0 spiro atoms. The highest BCUT2D eigenvalue weighted by Gasteiger charge is 2.23. The van der Waals surface area contributed by atoms with Gasteiger partial charge in [-0.1, -0.05) is 24.3 Å². The molecule has 2 atom stereocenters. The standard InChI is InChI=1S/C19H23N5O/c1-13(17(23(2)3)14-8-7-11-20-12-14)21-18-15-9-5-6-10-16(15)19(25)24(4)22-18/h5-13,17H,1-4H3,(H,21,22)/t13-,17+/m0/s1. The maximum absolute atomic E-state index is 12.3. The summed E-state index contributed by atoms with van der Waals surface area (Å²) >= 11 is 0. The molecular formula is C19H23N5O. The van der Waals surface area contributed by atoms with Crippen LogP contribution in [0, 0.1) is 0 Å². The van der Waals surface area contributed by atoms with E-state index < -0.39 is 0 Å². The normalized spacial score (nSPS) is 13.8. The molecule has 2 heterocycles. The Morgan fingerprint density at radius 3 is 2.48 bits per heavy atom. The monoisotopic (exact) mass is 337 g/mol. The molecule has 2 aromatic heterocycles. The largest absolute Gasteiger partial charge is 0.364 e. The van der Waals surface area contributed by atoms with Crippen LogP contribution in [0.4, 0.5) is 5.82 Å². The summed E-state index contributed by atoms with van der Waals surface area (Å²) in [4.78, 5) is 18.7. The number of aryl methyl sites for hydroxylation is 1. The highest BCUT2D eigenvalue weighted by atomic mass is 16.1. The van der Waals surface area contributed by atoms with E-state index in [0.717, 1.165) is 10.9 Å². The highest BCUT2D eigenvalue weighted by molar-refractivity contribution is 5.90. The lowest BCUT2D eigenvalue weighted by Crippen LogP contribution is -2.35. The fourth-order valence-electron chi connectivity index (χ4n) is 3.29. The number of nitrogens with zero attached hydrogens (tertiary/aromatic N) is 4. The van der Waals surface area contributed by atoms with Crippen LogP contribution in [0.25, 0.3) is 10.8 Å². The average molecular weight is 337 g/mol. The number of pyridine rings is 1. The molecule has 0 amide bonds. The molecule has 0 unspecified atom stereocenters. The summed E-state index contributed by atoms with van der Waals surface area (Å²) in [6, 6.07) is 11.7. The van der Waals surface area contributed by atoms with Crippen LogP contribution in [0.1, 0.15) is 18.5 Å². The molecule has 0 aliphatic heterocycles. The van der Waals surface area contributed by atoms with E-state index in [-0.39, 0.29) is 17.6 Å².